The Morgan fingerprint density at radius 3 is 1.41 bits per heavy atom. The van der Waals surface area contributed by atoms with Crippen LogP contribution >= 0.6 is 0 Å². The van der Waals surface area contributed by atoms with Crippen LogP contribution in [0.3, 0.4) is 0 Å². The molecule has 0 spiro atoms. The predicted octanol–water partition coefficient (Wildman–Crippen LogP) is 8.38. The van der Waals surface area contributed by atoms with E-state index in [0.717, 1.165) is 40.7 Å². The SMILES string of the molecule is CCc1ccc(S(=O)(=O)Nc2cccc(CCc3ccc(C(=O)O)cc3)c2)cc1.N#Cc1ccccc1S(=O)(=O)Nc1cccc(CCc2ccc(C(=O)O)cc2)c1. The number of nitrogens with one attached hydrogen (secondary N) is 2. The van der Waals surface area contributed by atoms with E-state index in [-0.39, 0.29) is 26.5 Å². The summed E-state index contributed by atoms with van der Waals surface area (Å²) in [5, 5.41) is 27.1. The molecule has 0 amide bonds. The number of nitriles is 1. The lowest BCUT2D eigenvalue weighted by atomic mass is 10.0. The second-order valence-electron chi connectivity index (χ2n) is 13.2. The molecule has 0 saturated carbocycles. The zero-order valence-electron chi connectivity index (χ0n) is 31.5. The van der Waals surface area contributed by atoms with Crippen LogP contribution in [0.5, 0.6) is 0 Å². The summed E-state index contributed by atoms with van der Waals surface area (Å²) in [4.78, 5) is 22.0. The molecule has 296 valence electrons. The molecule has 11 nitrogen and oxygen atoms in total. The van der Waals surface area contributed by atoms with Crippen LogP contribution in [0.2, 0.25) is 0 Å². The number of aromatic carboxylic acids is 2. The van der Waals surface area contributed by atoms with Crippen molar-refractivity contribution < 1.29 is 36.6 Å². The maximum Gasteiger partial charge on any atom is 0.335 e. The van der Waals surface area contributed by atoms with E-state index in [2.05, 4.69) is 9.44 Å². The first-order valence-corrected chi connectivity index (χ1v) is 21.2. The Balaban J connectivity index is 0.000000221. The van der Waals surface area contributed by atoms with Crippen molar-refractivity contribution in [1.82, 2.24) is 0 Å². The standard InChI is InChI=1S/C23H23NO4S.C22H18N2O4S/c1-2-17-10-14-22(15-11-17)29(27,28)24-21-5-3-4-19(16-21)7-6-18-8-12-20(13-9-18)23(25)26;23-15-19-5-1-2-7-21(19)29(27,28)24-20-6-3-4-17(14-20)9-8-16-10-12-18(13-11-16)22(25)26/h3-5,8-16,24H,2,6-7H2,1H3,(H,25,26);1-7,10-14,24H,8-9H2,(H,25,26). The van der Waals surface area contributed by atoms with E-state index in [0.29, 0.717) is 30.6 Å². The van der Waals surface area contributed by atoms with E-state index in [1.807, 2.05) is 49.4 Å². The van der Waals surface area contributed by atoms with Gasteiger partial charge in [0.2, 0.25) is 0 Å². The highest BCUT2D eigenvalue weighted by atomic mass is 32.2. The van der Waals surface area contributed by atoms with Gasteiger partial charge in [0.25, 0.3) is 20.0 Å². The lowest BCUT2D eigenvalue weighted by Gasteiger charge is -2.11. The van der Waals surface area contributed by atoms with E-state index in [4.69, 9.17) is 15.5 Å². The number of hydrogen-bond donors (Lipinski definition) is 4. The highest BCUT2D eigenvalue weighted by Gasteiger charge is 2.19. The minimum absolute atomic E-state index is 0.0635. The maximum atomic E-state index is 12.6. The third-order valence-corrected chi connectivity index (χ3v) is 11.9. The Labute approximate surface area is 338 Å². The van der Waals surface area contributed by atoms with E-state index in [1.54, 1.807) is 97.1 Å². The molecule has 0 bridgehead atoms. The molecule has 0 aliphatic rings. The maximum absolute atomic E-state index is 12.6. The van der Waals surface area contributed by atoms with E-state index >= 15 is 0 Å². The van der Waals surface area contributed by atoms with Gasteiger partial charge < -0.3 is 10.2 Å². The predicted molar refractivity (Wildman–Crippen MR) is 223 cm³/mol. The first kappa shape index (κ1) is 42.4. The van der Waals surface area contributed by atoms with Crippen LogP contribution < -0.4 is 9.44 Å². The Morgan fingerprint density at radius 1 is 0.534 bits per heavy atom. The quantitative estimate of drug-likeness (QED) is 0.0789. The van der Waals surface area contributed by atoms with Gasteiger partial charge in [-0.3, -0.25) is 9.44 Å². The summed E-state index contributed by atoms with van der Waals surface area (Å²) in [5.74, 6) is -1.91. The molecule has 0 saturated heterocycles. The number of aryl methyl sites for hydroxylation is 5. The van der Waals surface area contributed by atoms with E-state index in [9.17, 15) is 26.4 Å². The number of nitrogens with zero attached hydrogens (tertiary/aromatic N) is 1. The van der Waals surface area contributed by atoms with Crippen LogP contribution in [0.1, 0.15) is 61.0 Å². The third kappa shape index (κ3) is 11.9. The molecule has 4 N–H and O–H groups in total. The van der Waals surface area contributed by atoms with Crippen LogP contribution in [0.4, 0.5) is 11.4 Å². The van der Waals surface area contributed by atoms with Gasteiger partial charge in [-0.1, -0.05) is 79.7 Å². The first-order valence-electron chi connectivity index (χ1n) is 18.2. The zero-order chi connectivity index (χ0) is 41.7. The molecule has 0 aromatic heterocycles. The third-order valence-electron chi connectivity index (χ3n) is 9.10. The number of carboxylic acids is 2. The van der Waals surface area contributed by atoms with Crippen molar-refractivity contribution in [3.63, 3.8) is 0 Å². The number of sulfonamides is 2. The minimum Gasteiger partial charge on any atom is -0.478 e. The number of carboxylic acid groups (broad SMARTS) is 2. The molecule has 6 aromatic rings. The van der Waals surface area contributed by atoms with Gasteiger partial charge in [0.1, 0.15) is 11.0 Å². The van der Waals surface area contributed by atoms with Gasteiger partial charge in [0.05, 0.1) is 21.6 Å². The molecular formula is C45H41N3O8S2. The van der Waals surface area contributed by atoms with Crippen molar-refractivity contribution in [2.75, 3.05) is 9.44 Å². The summed E-state index contributed by atoms with van der Waals surface area (Å²) in [6, 6.07) is 42.6. The number of benzene rings is 6. The summed E-state index contributed by atoms with van der Waals surface area (Å²) in [6.07, 6.45) is 3.65. The molecule has 0 radical (unpaired) electrons. The molecule has 58 heavy (non-hydrogen) atoms. The van der Waals surface area contributed by atoms with Gasteiger partial charge in [-0.05, 0) is 133 Å². The molecule has 6 rings (SSSR count). The normalized spacial score (nSPS) is 11.0. The first-order chi connectivity index (χ1) is 27.8. The van der Waals surface area contributed by atoms with Gasteiger partial charge >= 0.3 is 11.9 Å². The average Bonchev–Trinajstić information content (AvgIpc) is 3.22. The number of anilines is 2. The van der Waals surface area contributed by atoms with Crippen molar-refractivity contribution in [1.29, 1.82) is 5.26 Å². The van der Waals surface area contributed by atoms with Crippen LogP contribution in [-0.2, 0) is 52.2 Å². The van der Waals surface area contributed by atoms with E-state index < -0.39 is 32.0 Å². The van der Waals surface area contributed by atoms with Crippen molar-refractivity contribution in [3.8, 4) is 6.07 Å². The summed E-state index contributed by atoms with van der Waals surface area (Å²) in [5.41, 5.74) is 6.54. The highest BCUT2D eigenvalue weighted by Crippen LogP contribution is 2.22. The monoisotopic (exact) mass is 815 g/mol. The zero-order valence-corrected chi connectivity index (χ0v) is 33.1. The second-order valence-corrected chi connectivity index (χ2v) is 16.6. The van der Waals surface area contributed by atoms with Gasteiger partial charge in [0, 0.05) is 11.4 Å². The number of hydrogen-bond acceptors (Lipinski definition) is 7. The summed E-state index contributed by atoms with van der Waals surface area (Å²) in [6.45, 7) is 2.02. The Kier molecular flexibility index (Phi) is 14.2. The summed E-state index contributed by atoms with van der Waals surface area (Å²) < 4.78 is 55.7. The molecule has 13 heteroatoms. The van der Waals surface area contributed by atoms with E-state index in [1.165, 1.54) is 12.1 Å². The highest BCUT2D eigenvalue weighted by molar-refractivity contribution is 7.93. The molecule has 0 aliphatic carbocycles. The minimum atomic E-state index is -3.88. The Hall–Kier alpha value is -6.75. The molecule has 6 aromatic carbocycles. The smallest absolute Gasteiger partial charge is 0.335 e. The van der Waals surface area contributed by atoms with Gasteiger partial charge in [0.15, 0.2) is 0 Å². The topological polar surface area (TPSA) is 191 Å². The van der Waals surface area contributed by atoms with Crippen molar-refractivity contribution in [2.45, 2.75) is 48.8 Å². The largest absolute Gasteiger partial charge is 0.478 e. The van der Waals surface area contributed by atoms with Crippen molar-refractivity contribution in [2.24, 2.45) is 0 Å². The van der Waals surface area contributed by atoms with Crippen molar-refractivity contribution in [3.05, 3.63) is 190 Å². The number of rotatable bonds is 15. The van der Waals surface area contributed by atoms with Gasteiger partial charge in [-0.2, -0.15) is 5.26 Å². The lowest BCUT2D eigenvalue weighted by Crippen LogP contribution is -2.14. The molecule has 0 fully saturated rings. The molecule has 0 unspecified atom stereocenters. The Bertz CT molecular complexity index is 2640. The molecule has 0 aliphatic heterocycles. The lowest BCUT2D eigenvalue weighted by molar-refractivity contribution is 0.0686. The van der Waals surface area contributed by atoms with Gasteiger partial charge in [-0.15, -0.1) is 0 Å². The van der Waals surface area contributed by atoms with Crippen molar-refractivity contribution >= 4 is 43.4 Å². The molecule has 0 heterocycles. The van der Waals surface area contributed by atoms with Crippen LogP contribution in [0.15, 0.2) is 155 Å². The fraction of sp³-hybridized carbons (Fsp3) is 0.133. The molecule has 0 atom stereocenters. The summed E-state index contributed by atoms with van der Waals surface area (Å²) >= 11 is 0. The second kappa shape index (κ2) is 19.4. The van der Waals surface area contributed by atoms with Crippen LogP contribution in [0, 0.1) is 11.3 Å². The molecular weight excluding hydrogens is 775 g/mol. The van der Waals surface area contributed by atoms with Crippen LogP contribution in [-0.4, -0.2) is 39.0 Å². The van der Waals surface area contributed by atoms with Gasteiger partial charge in [-0.25, -0.2) is 26.4 Å². The fourth-order valence-corrected chi connectivity index (χ4v) is 8.17. The average molecular weight is 816 g/mol. The number of carbonyl (C=O) groups is 2. The fourth-order valence-electron chi connectivity index (χ4n) is 5.91. The summed E-state index contributed by atoms with van der Waals surface area (Å²) in [7, 11) is -7.52. The Morgan fingerprint density at radius 2 is 0.966 bits per heavy atom. The van der Waals surface area contributed by atoms with Crippen LogP contribution in [0.25, 0.3) is 0 Å².